The SMILES string of the molecule is CSc1ccc(NC(=O)O[C@@H](C/C=C/C(=O)Nc2ccccc2N)c2ccc(O)c3ccccc23)cc1. The number of phenols is 1. The van der Waals surface area contributed by atoms with Crippen LogP contribution in [0.4, 0.5) is 21.9 Å². The summed E-state index contributed by atoms with van der Waals surface area (Å²) in [5.74, 6) is -0.225. The van der Waals surface area contributed by atoms with Gasteiger partial charge in [0.05, 0.1) is 11.4 Å². The van der Waals surface area contributed by atoms with Crippen LogP contribution in [-0.4, -0.2) is 23.4 Å². The van der Waals surface area contributed by atoms with Gasteiger partial charge >= 0.3 is 6.09 Å². The minimum atomic E-state index is -0.721. The lowest BCUT2D eigenvalue weighted by molar-refractivity contribution is -0.111. The molecule has 0 spiro atoms. The summed E-state index contributed by atoms with van der Waals surface area (Å²) < 4.78 is 5.82. The lowest BCUT2D eigenvalue weighted by atomic mass is 9.97. The summed E-state index contributed by atoms with van der Waals surface area (Å²) in [6.45, 7) is 0. The molecule has 0 radical (unpaired) electrons. The molecule has 8 heteroatoms. The van der Waals surface area contributed by atoms with Crippen LogP contribution in [0.1, 0.15) is 18.1 Å². The van der Waals surface area contributed by atoms with E-state index >= 15 is 0 Å². The fourth-order valence-corrected chi connectivity index (χ4v) is 4.27. The predicted octanol–water partition coefficient (Wildman–Crippen LogP) is 6.72. The molecular formula is C29H27N3O4S. The first-order valence-corrected chi connectivity index (χ1v) is 12.8. The Hall–Kier alpha value is -4.43. The largest absolute Gasteiger partial charge is 0.507 e. The number of para-hydroxylation sites is 2. The Morgan fingerprint density at radius 1 is 0.946 bits per heavy atom. The van der Waals surface area contributed by atoms with Gasteiger partial charge in [-0.05, 0) is 60.2 Å². The molecule has 4 aromatic carbocycles. The van der Waals surface area contributed by atoms with E-state index in [0.29, 0.717) is 28.0 Å². The maximum absolute atomic E-state index is 12.8. The third-order valence-electron chi connectivity index (χ3n) is 5.71. The number of ether oxygens (including phenoxy) is 1. The number of thioether (sulfide) groups is 1. The number of hydrogen-bond donors (Lipinski definition) is 4. The van der Waals surface area contributed by atoms with Gasteiger partial charge in [0.15, 0.2) is 0 Å². The van der Waals surface area contributed by atoms with Crippen molar-refractivity contribution in [2.75, 3.05) is 22.6 Å². The van der Waals surface area contributed by atoms with Gasteiger partial charge in [0, 0.05) is 28.0 Å². The van der Waals surface area contributed by atoms with Crippen molar-refractivity contribution in [3.05, 3.63) is 103 Å². The van der Waals surface area contributed by atoms with Crippen molar-refractivity contribution in [2.45, 2.75) is 17.4 Å². The fraction of sp³-hybridized carbons (Fsp3) is 0.103. The summed E-state index contributed by atoms with van der Waals surface area (Å²) in [6, 6.07) is 25.0. The van der Waals surface area contributed by atoms with Gasteiger partial charge in [-0.3, -0.25) is 10.1 Å². The Balaban J connectivity index is 1.54. The fourth-order valence-electron chi connectivity index (χ4n) is 3.86. The van der Waals surface area contributed by atoms with E-state index < -0.39 is 12.2 Å². The Kier molecular flexibility index (Phi) is 8.33. The highest BCUT2D eigenvalue weighted by molar-refractivity contribution is 7.98. The second kappa shape index (κ2) is 12.0. The molecule has 0 heterocycles. The molecule has 0 unspecified atom stereocenters. The minimum absolute atomic E-state index is 0.131. The molecule has 0 aliphatic heterocycles. The molecular weight excluding hydrogens is 486 g/mol. The van der Waals surface area contributed by atoms with E-state index in [4.69, 9.17) is 10.5 Å². The van der Waals surface area contributed by atoms with Gasteiger partial charge in [-0.1, -0.05) is 48.5 Å². The molecule has 7 nitrogen and oxygen atoms in total. The molecule has 188 valence electrons. The van der Waals surface area contributed by atoms with Crippen LogP contribution >= 0.6 is 11.8 Å². The van der Waals surface area contributed by atoms with E-state index in [-0.39, 0.29) is 18.1 Å². The summed E-state index contributed by atoms with van der Waals surface area (Å²) >= 11 is 1.61. The average Bonchev–Trinajstić information content (AvgIpc) is 2.90. The summed E-state index contributed by atoms with van der Waals surface area (Å²) in [7, 11) is 0. The van der Waals surface area contributed by atoms with Crippen LogP contribution < -0.4 is 16.4 Å². The topological polar surface area (TPSA) is 114 Å². The lowest BCUT2D eigenvalue weighted by Crippen LogP contribution is -2.18. The zero-order valence-corrected chi connectivity index (χ0v) is 21.0. The van der Waals surface area contributed by atoms with E-state index in [1.54, 1.807) is 72.4 Å². The van der Waals surface area contributed by atoms with Crippen LogP contribution in [0.5, 0.6) is 5.75 Å². The molecule has 4 aromatic rings. The summed E-state index contributed by atoms with van der Waals surface area (Å²) in [5.41, 5.74) is 8.18. The summed E-state index contributed by atoms with van der Waals surface area (Å²) in [4.78, 5) is 26.3. The van der Waals surface area contributed by atoms with Crippen LogP contribution in [0.2, 0.25) is 0 Å². The van der Waals surface area contributed by atoms with Crippen LogP contribution in [0.15, 0.2) is 102 Å². The van der Waals surface area contributed by atoms with E-state index in [1.165, 1.54) is 6.08 Å². The molecule has 0 bridgehead atoms. The number of fused-ring (bicyclic) bond motifs is 1. The van der Waals surface area contributed by atoms with Gasteiger partial charge in [0.2, 0.25) is 5.91 Å². The van der Waals surface area contributed by atoms with Crippen molar-refractivity contribution in [1.82, 2.24) is 0 Å². The zero-order chi connectivity index (χ0) is 26.2. The van der Waals surface area contributed by atoms with Gasteiger partial charge < -0.3 is 20.9 Å². The molecule has 0 aliphatic rings. The molecule has 1 atom stereocenters. The molecule has 0 aliphatic carbocycles. The van der Waals surface area contributed by atoms with Crippen molar-refractivity contribution in [2.24, 2.45) is 0 Å². The minimum Gasteiger partial charge on any atom is -0.507 e. The number of nitrogens with one attached hydrogen (secondary N) is 2. The number of aromatic hydroxyl groups is 1. The smallest absolute Gasteiger partial charge is 0.412 e. The molecule has 37 heavy (non-hydrogen) atoms. The van der Waals surface area contributed by atoms with Crippen molar-refractivity contribution in [1.29, 1.82) is 0 Å². The highest BCUT2D eigenvalue weighted by Gasteiger charge is 2.19. The van der Waals surface area contributed by atoms with Crippen molar-refractivity contribution in [3.63, 3.8) is 0 Å². The third kappa shape index (κ3) is 6.62. The van der Waals surface area contributed by atoms with Crippen molar-refractivity contribution < 1.29 is 19.4 Å². The van der Waals surface area contributed by atoms with Gasteiger partial charge in [0.1, 0.15) is 11.9 Å². The average molecular weight is 514 g/mol. The van der Waals surface area contributed by atoms with E-state index in [2.05, 4.69) is 10.6 Å². The first kappa shape index (κ1) is 25.7. The number of hydrogen-bond acceptors (Lipinski definition) is 6. The van der Waals surface area contributed by atoms with Crippen molar-refractivity contribution in [3.8, 4) is 5.75 Å². The Morgan fingerprint density at radius 2 is 1.65 bits per heavy atom. The van der Waals surface area contributed by atoms with Gasteiger partial charge in [0.25, 0.3) is 0 Å². The van der Waals surface area contributed by atoms with Gasteiger partial charge in [-0.15, -0.1) is 11.8 Å². The normalized spacial score (nSPS) is 11.8. The molecule has 2 amide bonds. The highest BCUT2D eigenvalue weighted by Crippen LogP contribution is 2.34. The third-order valence-corrected chi connectivity index (χ3v) is 6.45. The number of nitrogen functional groups attached to an aromatic ring is 1. The number of carbonyl (C=O) groups is 2. The zero-order valence-electron chi connectivity index (χ0n) is 20.2. The second-order valence-corrected chi connectivity index (χ2v) is 9.06. The van der Waals surface area contributed by atoms with Crippen LogP contribution in [-0.2, 0) is 9.53 Å². The number of rotatable bonds is 8. The molecule has 0 fully saturated rings. The van der Waals surface area contributed by atoms with Crippen molar-refractivity contribution >= 4 is 51.6 Å². The summed E-state index contributed by atoms with van der Waals surface area (Å²) in [5, 5.41) is 17.2. The molecule has 5 N–H and O–H groups in total. The van der Waals surface area contributed by atoms with E-state index in [0.717, 1.165) is 10.3 Å². The summed E-state index contributed by atoms with van der Waals surface area (Å²) in [6.07, 6.45) is 3.87. The number of nitrogens with two attached hydrogens (primary N) is 1. The number of benzene rings is 4. The van der Waals surface area contributed by atoms with Crippen LogP contribution in [0.3, 0.4) is 0 Å². The monoisotopic (exact) mass is 513 g/mol. The van der Waals surface area contributed by atoms with Crippen LogP contribution in [0.25, 0.3) is 10.8 Å². The molecule has 4 rings (SSSR count). The van der Waals surface area contributed by atoms with E-state index in [9.17, 15) is 14.7 Å². The molecule has 0 aromatic heterocycles. The second-order valence-electron chi connectivity index (χ2n) is 8.18. The maximum Gasteiger partial charge on any atom is 0.412 e. The predicted molar refractivity (Wildman–Crippen MR) is 150 cm³/mol. The highest BCUT2D eigenvalue weighted by atomic mass is 32.2. The first-order chi connectivity index (χ1) is 17.9. The Bertz CT molecular complexity index is 1440. The van der Waals surface area contributed by atoms with Gasteiger partial charge in [-0.25, -0.2) is 4.79 Å². The number of carbonyl (C=O) groups excluding carboxylic acids is 2. The maximum atomic E-state index is 12.8. The number of amides is 2. The quantitative estimate of drug-likeness (QED) is 0.118. The van der Waals surface area contributed by atoms with Crippen LogP contribution in [0, 0.1) is 0 Å². The molecule has 0 saturated carbocycles. The van der Waals surface area contributed by atoms with E-state index in [1.807, 2.05) is 36.6 Å². The molecule has 0 saturated heterocycles. The Labute approximate surface area is 219 Å². The van der Waals surface area contributed by atoms with Gasteiger partial charge in [-0.2, -0.15) is 0 Å². The lowest BCUT2D eigenvalue weighted by Gasteiger charge is -2.20. The Morgan fingerprint density at radius 3 is 2.38 bits per heavy atom. The number of anilines is 3. The standard InChI is InChI=1S/C29H27N3O4S/c1-37-20-15-13-19(14-16-20)31-29(35)36-27(23-17-18-26(33)22-8-3-2-7-21(22)23)11-6-12-28(34)32-25-10-5-4-9-24(25)30/h2-10,12-18,27,33H,11,30H2,1H3,(H,31,35)(H,32,34)/b12-6+/t27-/m0/s1. The first-order valence-electron chi connectivity index (χ1n) is 11.6. The number of phenolic OH excluding ortho intramolecular Hbond substituents is 1.